The third-order valence-corrected chi connectivity index (χ3v) is 3.36. The summed E-state index contributed by atoms with van der Waals surface area (Å²) in [6.07, 6.45) is 4.25. The normalized spacial score (nSPS) is 20.4. The second kappa shape index (κ2) is 5.69. The van der Waals surface area contributed by atoms with E-state index in [1.54, 1.807) is 23.2 Å². The first-order chi connectivity index (χ1) is 9.13. The van der Waals surface area contributed by atoms with Crippen molar-refractivity contribution >= 4 is 11.7 Å². The summed E-state index contributed by atoms with van der Waals surface area (Å²) < 4.78 is 0. The van der Waals surface area contributed by atoms with Gasteiger partial charge in [-0.25, -0.2) is 0 Å². The number of carbonyl (C=O) groups is 1. The van der Waals surface area contributed by atoms with E-state index >= 15 is 0 Å². The molecule has 1 unspecified atom stereocenters. The lowest BCUT2D eigenvalue weighted by Gasteiger charge is -2.34. The highest BCUT2D eigenvalue weighted by Crippen LogP contribution is 2.20. The van der Waals surface area contributed by atoms with Crippen molar-refractivity contribution in [2.45, 2.75) is 32.2 Å². The van der Waals surface area contributed by atoms with E-state index in [9.17, 15) is 4.79 Å². The van der Waals surface area contributed by atoms with Crippen LogP contribution in [0.1, 0.15) is 35.3 Å². The second-order valence-electron chi connectivity index (χ2n) is 4.72. The van der Waals surface area contributed by atoms with E-state index in [2.05, 4.69) is 10.1 Å². The predicted molar refractivity (Wildman–Crippen MR) is 71.1 cm³/mol. The summed E-state index contributed by atoms with van der Waals surface area (Å²) in [6, 6.07) is 3.12. The van der Waals surface area contributed by atoms with Crippen molar-refractivity contribution in [2.75, 3.05) is 6.54 Å². The largest absolute Gasteiger partial charge is 0.409 e. The number of oxime groups is 1. The number of amidine groups is 1. The van der Waals surface area contributed by atoms with Crippen LogP contribution in [0, 0.1) is 6.92 Å². The molecule has 1 fully saturated rings. The van der Waals surface area contributed by atoms with Gasteiger partial charge in [0.15, 0.2) is 5.84 Å². The van der Waals surface area contributed by atoms with E-state index < -0.39 is 0 Å². The Hall–Kier alpha value is -2.11. The van der Waals surface area contributed by atoms with Gasteiger partial charge in [-0.15, -0.1) is 0 Å². The van der Waals surface area contributed by atoms with Gasteiger partial charge < -0.3 is 15.8 Å². The summed E-state index contributed by atoms with van der Waals surface area (Å²) in [5.74, 6) is 0.000582. The molecule has 6 nitrogen and oxygen atoms in total. The van der Waals surface area contributed by atoms with Gasteiger partial charge in [-0.3, -0.25) is 9.78 Å². The average Bonchev–Trinajstić information content (AvgIpc) is 2.45. The highest BCUT2D eigenvalue weighted by Gasteiger charge is 2.30. The Balaban J connectivity index is 2.25. The molecule has 6 heteroatoms. The molecule has 0 aromatic carbocycles. The van der Waals surface area contributed by atoms with Gasteiger partial charge in [0.1, 0.15) is 0 Å². The van der Waals surface area contributed by atoms with Crippen molar-refractivity contribution in [1.82, 2.24) is 9.88 Å². The summed E-state index contributed by atoms with van der Waals surface area (Å²) in [6.45, 7) is 2.47. The van der Waals surface area contributed by atoms with Gasteiger partial charge >= 0.3 is 0 Å². The van der Waals surface area contributed by atoms with E-state index in [0.29, 0.717) is 12.1 Å². The predicted octanol–water partition coefficient (Wildman–Crippen LogP) is 1.13. The number of amides is 1. The number of hydrogen-bond donors (Lipinski definition) is 2. The SMILES string of the molecule is Cc1cc(C(=O)N2CCCCC2/C(N)=N/O)ccn1. The molecule has 102 valence electrons. The molecule has 1 aliphatic rings. The molecule has 1 atom stereocenters. The lowest BCUT2D eigenvalue weighted by molar-refractivity contribution is 0.0676. The van der Waals surface area contributed by atoms with Crippen LogP contribution in [-0.4, -0.2) is 39.4 Å². The van der Waals surface area contributed by atoms with Crippen LogP contribution in [0.3, 0.4) is 0 Å². The molecule has 1 aromatic heterocycles. The van der Waals surface area contributed by atoms with Crippen molar-refractivity contribution in [3.05, 3.63) is 29.6 Å². The van der Waals surface area contributed by atoms with Gasteiger partial charge in [0.05, 0.1) is 6.04 Å². The fourth-order valence-corrected chi connectivity index (χ4v) is 2.39. The third kappa shape index (κ3) is 2.83. The lowest BCUT2D eigenvalue weighted by atomic mass is 10.00. The number of aromatic nitrogens is 1. The first-order valence-corrected chi connectivity index (χ1v) is 6.34. The zero-order chi connectivity index (χ0) is 13.8. The molecule has 1 amide bonds. The van der Waals surface area contributed by atoms with Crippen molar-refractivity contribution < 1.29 is 10.0 Å². The molecule has 0 spiro atoms. The van der Waals surface area contributed by atoms with Crippen LogP contribution >= 0.6 is 0 Å². The highest BCUT2D eigenvalue weighted by atomic mass is 16.4. The van der Waals surface area contributed by atoms with Gasteiger partial charge in [0, 0.05) is 24.0 Å². The summed E-state index contributed by atoms with van der Waals surface area (Å²) in [4.78, 5) is 18.2. The Morgan fingerprint density at radius 3 is 3.05 bits per heavy atom. The maximum Gasteiger partial charge on any atom is 0.254 e. The molecule has 0 radical (unpaired) electrons. The average molecular weight is 262 g/mol. The number of carbonyl (C=O) groups excluding carboxylic acids is 1. The van der Waals surface area contributed by atoms with Crippen LogP contribution in [-0.2, 0) is 0 Å². The number of nitrogens with two attached hydrogens (primary N) is 1. The van der Waals surface area contributed by atoms with Crippen molar-refractivity contribution in [3.63, 3.8) is 0 Å². The van der Waals surface area contributed by atoms with Crippen LogP contribution < -0.4 is 5.73 Å². The number of rotatable bonds is 2. The molecule has 0 saturated carbocycles. The van der Waals surface area contributed by atoms with E-state index in [-0.39, 0.29) is 17.8 Å². The molecule has 0 aliphatic carbocycles. The van der Waals surface area contributed by atoms with Crippen LogP contribution in [0.5, 0.6) is 0 Å². The van der Waals surface area contributed by atoms with Gasteiger partial charge in [0.2, 0.25) is 0 Å². The van der Waals surface area contributed by atoms with Gasteiger partial charge in [-0.1, -0.05) is 5.16 Å². The summed E-state index contributed by atoms with van der Waals surface area (Å²) in [7, 11) is 0. The number of likely N-dealkylation sites (tertiary alicyclic amines) is 1. The van der Waals surface area contributed by atoms with Crippen LogP contribution in [0.15, 0.2) is 23.5 Å². The zero-order valence-corrected chi connectivity index (χ0v) is 10.9. The number of piperidine rings is 1. The van der Waals surface area contributed by atoms with Gasteiger partial charge in [0.25, 0.3) is 5.91 Å². The topological polar surface area (TPSA) is 91.8 Å². The van der Waals surface area contributed by atoms with E-state index in [1.165, 1.54) is 0 Å². The fourth-order valence-electron chi connectivity index (χ4n) is 2.39. The van der Waals surface area contributed by atoms with Crippen molar-refractivity contribution in [1.29, 1.82) is 0 Å². The molecule has 1 saturated heterocycles. The fraction of sp³-hybridized carbons (Fsp3) is 0.462. The quantitative estimate of drug-likeness (QED) is 0.362. The molecule has 3 N–H and O–H groups in total. The number of aryl methyl sites for hydroxylation is 1. The molecule has 1 aromatic rings. The van der Waals surface area contributed by atoms with Crippen LogP contribution in [0.25, 0.3) is 0 Å². The van der Waals surface area contributed by atoms with E-state index in [0.717, 1.165) is 25.0 Å². The Morgan fingerprint density at radius 1 is 1.58 bits per heavy atom. The summed E-state index contributed by atoms with van der Waals surface area (Å²) in [5, 5.41) is 11.9. The number of nitrogens with zero attached hydrogens (tertiary/aromatic N) is 3. The Labute approximate surface area is 111 Å². The second-order valence-corrected chi connectivity index (χ2v) is 4.72. The Bertz CT molecular complexity index is 501. The van der Waals surface area contributed by atoms with Crippen LogP contribution in [0.4, 0.5) is 0 Å². The van der Waals surface area contributed by atoms with Crippen LogP contribution in [0.2, 0.25) is 0 Å². The number of hydrogen-bond acceptors (Lipinski definition) is 4. The molecule has 19 heavy (non-hydrogen) atoms. The van der Waals surface area contributed by atoms with Crippen molar-refractivity contribution in [3.8, 4) is 0 Å². The molecule has 1 aliphatic heterocycles. The number of pyridine rings is 1. The molecule has 2 heterocycles. The van der Waals surface area contributed by atoms with Crippen molar-refractivity contribution in [2.24, 2.45) is 10.9 Å². The maximum atomic E-state index is 12.5. The van der Waals surface area contributed by atoms with Gasteiger partial charge in [-0.05, 0) is 38.3 Å². The molecular weight excluding hydrogens is 244 g/mol. The monoisotopic (exact) mass is 262 g/mol. The third-order valence-electron chi connectivity index (χ3n) is 3.36. The Morgan fingerprint density at radius 2 is 2.37 bits per heavy atom. The summed E-state index contributed by atoms with van der Waals surface area (Å²) in [5.41, 5.74) is 7.06. The first kappa shape index (κ1) is 13.3. The minimum Gasteiger partial charge on any atom is -0.409 e. The minimum atomic E-state index is -0.320. The molecular formula is C13H18N4O2. The van der Waals surface area contributed by atoms with Gasteiger partial charge in [-0.2, -0.15) is 0 Å². The minimum absolute atomic E-state index is 0.0956. The smallest absolute Gasteiger partial charge is 0.254 e. The summed E-state index contributed by atoms with van der Waals surface area (Å²) >= 11 is 0. The highest BCUT2D eigenvalue weighted by molar-refractivity contribution is 5.98. The maximum absolute atomic E-state index is 12.5. The van der Waals surface area contributed by atoms with E-state index in [4.69, 9.17) is 10.9 Å². The molecule has 0 bridgehead atoms. The Kier molecular flexibility index (Phi) is 3.99. The first-order valence-electron chi connectivity index (χ1n) is 6.34. The zero-order valence-electron chi connectivity index (χ0n) is 10.9. The standard InChI is InChI=1S/C13H18N4O2/c1-9-8-10(5-6-15-9)13(18)17-7-3-2-4-11(17)12(14)16-19/h5-6,8,11,19H,2-4,7H2,1H3,(H2,14,16). The molecule has 2 rings (SSSR count). The van der Waals surface area contributed by atoms with E-state index in [1.807, 2.05) is 6.92 Å². The lowest BCUT2D eigenvalue weighted by Crippen LogP contribution is -2.50.